The lowest BCUT2D eigenvalue weighted by Gasteiger charge is -2.13. The van der Waals surface area contributed by atoms with E-state index in [4.69, 9.17) is 11.6 Å². The van der Waals surface area contributed by atoms with Crippen molar-refractivity contribution in [2.75, 3.05) is 10.6 Å². The van der Waals surface area contributed by atoms with Crippen LogP contribution in [0.3, 0.4) is 0 Å². The highest BCUT2D eigenvalue weighted by molar-refractivity contribution is 6.33. The van der Waals surface area contributed by atoms with Crippen LogP contribution in [0.25, 0.3) is 0 Å². The number of anilines is 2. The zero-order valence-electron chi connectivity index (χ0n) is 13.6. The Labute approximate surface area is 153 Å². The molecule has 1 aromatic heterocycles. The van der Waals surface area contributed by atoms with Crippen LogP contribution in [0.5, 0.6) is 0 Å². The van der Waals surface area contributed by atoms with Crippen LogP contribution in [0.4, 0.5) is 24.7 Å². The molecule has 0 bridgehead atoms. The van der Waals surface area contributed by atoms with Crippen molar-refractivity contribution in [1.82, 2.24) is 9.97 Å². The predicted molar refractivity (Wildman–Crippen MR) is 92.3 cm³/mol. The van der Waals surface area contributed by atoms with Crippen LogP contribution in [0, 0.1) is 0 Å². The molecule has 1 aliphatic rings. The Kier molecular flexibility index (Phi) is 5.31. The fourth-order valence-corrected chi connectivity index (χ4v) is 2.99. The number of hydrogen-bond donors (Lipinski definition) is 2. The first-order valence-electron chi connectivity index (χ1n) is 8.09. The Bertz CT molecular complexity index is 807. The molecule has 0 atom stereocenters. The molecule has 2 aromatic rings. The number of nitrogens with zero attached hydrogens (tertiary/aromatic N) is 2. The molecule has 26 heavy (non-hydrogen) atoms. The van der Waals surface area contributed by atoms with Crippen LogP contribution >= 0.6 is 11.6 Å². The minimum atomic E-state index is -4.53. The summed E-state index contributed by atoms with van der Waals surface area (Å²) in [5.41, 5.74) is -0.993. The molecule has 0 radical (unpaired) electrons. The summed E-state index contributed by atoms with van der Waals surface area (Å²) in [4.78, 5) is 20.3. The molecule has 3 rings (SSSR count). The Morgan fingerprint density at radius 2 is 1.88 bits per heavy atom. The number of amides is 1. The van der Waals surface area contributed by atoms with Crippen LogP contribution in [0.2, 0.25) is 5.02 Å². The Morgan fingerprint density at radius 1 is 1.15 bits per heavy atom. The molecule has 1 amide bonds. The van der Waals surface area contributed by atoms with Crippen molar-refractivity contribution in [1.29, 1.82) is 0 Å². The average molecular weight is 385 g/mol. The van der Waals surface area contributed by atoms with Gasteiger partial charge in [-0.2, -0.15) is 13.2 Å². The second-order valence-corrected chi connectivity index (χ2v) is 6.47. The van der Waals surface area contributed by atoms with Gasteiger partial charge in [-0.05, 0) is 31.0 Å². The SMILES string of the molecule is O=C(Nc1cc(C(F)(F)F)ccc1Cl)c1cc(NC2CCCC2)ncn1. The average Bonchev–Trinajstić information content (AvgIpc) is 3.09. The van der Waals surface area contributed by atoms with E-state index < -0.39 is 17.6 Å². The first kappa shape index (κ1) is 18.4. The van der Waals surface area contributed by atoms with Crippen LogP contribution in [-0.2, 0) is 6.18 Å². The van der Waals surface area contributed by atoms with E-state index in [9.17, 15) is 18.0 Å². The van der Waals surface area contributed by atoms with Gasteiger partial charge in [-0.25, -0.2) is 9.97 Å². The first-order valence-corrected chi connectivity index (χ1v) is 8.47. The van der Waals surface area contributed by atoms with E-state index in [1.807, 2.05) is 0 Å². The largest absolute Gasteiger partial charge is 0.416 e. The lowest BCUT2D eigenvalue weighted by atomic mass is 10.2. The zero-order chi connectivity index (χ0) is 18.7. The minimum absolute atomic E-state index is 0.00436. The highest BCUT2D eigenvalue weighted by Gasteiger charge is 2.31. The van der Waals surface area contributed by atoms with E-state index in [1.165, 1.54) is 12.4 Å². The number of carbonyl (C=O) groups is 1. The van der Waals surface area contributed by atoms with Gasteiger partial charge in [0.15, 0.2) is 0 Å². The van der Waals surface area contributed by atoms with Crippen molar-refractivity contribution < 1.29 is 18.0 Å². The molecule has 1 saturated carbocycles. The Balaban J connectivity index is 1.76. The highest BCUT2D eigenvalue weighted by Crippen LogP contribution is 2.34. The summed E-state index contributed by atoms with van der Waals surface area (Å²) >= 11 is 5.90. The number of benzene rings is 1. The number of aromatic nitrogens is 2. The lowest BCUT2D eigenvalue weighted by molar-refractivity contribution is -0.137. The van der Waals surface area contributed by atoms with E-state index in [1.54, 1.807) is 0 Å². The summed E-state index contributed by atoms with van der Waals surface area (Å²) in [5.74, 6) is -0.157. The maximum atomic E-state index is 12.8. The minimum Gasteiger partial charge on any atom is -0.367 e. The van der Waals surface area contributed by atoms with Crippen LogP contribution in [0.15, 0.2) is 30.6 Å². The fourth-order valence-electron chi connectivity index (χ4n) is 2.82. The molecule has 0 unspecified atom stereocenters. The Hall–Kier alpha value is -2.35. The van der Waals surface area contributed by atoms with Crippen LogP contribution in [-0.4, -0.2) is 21.9 Å². The third-order valence-corrected chi connectivity index (χ3v) is 4.48. The maximum absolute atomic E-state index is 12.8. The molecule has 1 aliphatic carbocycles. The molecule has 0 aliphatic heterocycles. The number of hydrogen-bond acceptors (Lipinski definition) is 4. The van der Waals surface area contributed by atoms with Gasteiger partial charge in [0.1, 0.15) is 17.8 Å². The fraction of sp³-hybridized carbons (Fsp3) is 0.353. The normalized spacial score (nSPS) is 15.1. The lowest BCUT2D eigenvalue weighted by Crippen LogP contribution is -2.18. The van der Waals surface area contributed by atoms with Gasteiger partial charge in [-0.3, -0.25) is 4.79 Å². The molecular weight excluding hydrogens is 369 g/mol. The number of alkyl halides is 3. The number of nitrogens with one attached hydrogen (secondary N) is 2. The van der Waals surface area contributed by atoms with Gasteiger partial charge < -0.3 is 10.6 Å². The van der Waals surface area contributed by atoms with Crippen LogP contribution in [0.1, 0.15) is 41.7 Å². The van der Waals surface area contributed by atoms with Crippen molar-refractivity contribution in [3.05, 3.63) is 46.9 Å². The van der Waals surface area contributed by atoms with Gasteiger partial charge in [-0.15, -0.1) is 0 Å². The third kappa shape index (κ3) is 4.43. The molecule has 5 nitrogen and oxygen atoms in total. The van der Waals surface area contributed by atoms with Crippen molar-refractivity contribution in [2.45, 2.75) is 37.9 Å². The van der Waals surface area contributed by atoms with E-state index in [-0.39, 0.29) is 16.4 Å². The molecule has 0 spiro atoms. The standard InChI is InChI=1S/C17H16ClF3N4O/c18-12-6-5-10(17(19,20)21)7-13(12)25-16(26)14-8-15(23-9-22-14)24-11-3-1-2-4-11/h5-9,11H,1-4H2,(H,25,26)(H,22,23,24). The quantitative estimate of drug-likeness (QED) is 0.797. The smallest absolute Gasteiger partial charge is 0.367 e. The molecule has 2 N–H and O–H groups in total. The van der Waals surface area contributed by atoms with E-state index >= 15 is 0 Å². The van der Waals surface area contributed by atoms with Crippen molar-refractivity contribution in [3.8, 4) is 0 Å². The third-order valence-electron chi connectivity index (χ3n) is 4.15. The van der Waals surface area contributed by atoms with Gasteiger partial charge in [0.2, 0.25) is 0 Å². The maximum Gasteiger partial charge on any atom is 0.416 e. The van der Waals surface area contributed by atoms with Gasteiger partial charge in [0.25, 0.3) is 5.91 Å². The van der Waals surface area contributed by atoms with E-state index in [2.05, 4.69) is 20.6 Å². The molecule has 1 fully saturated rings. The highest BCUT2D eigenvalue weighted by atomic mass is 35.5. The summed E-state index contributed by atoms with van der Waals surface area (Å²) in [6.07, 6.45) is 1.06. The molecule has 138 valence electrons. The van der Waals surface area contributed by atoms with Crippen molar-refractivity contribution in [2.24, 2.45) is 0 Å². The summed E-state index contributed by atoms with van der Waals surface area (Å²) in [7, 11) is 0. The van der Waals surface area contributed by atoms with Gasteiger partial charge in [0, 0.05) is 12.1 Å². The molecule has 0 saturated heterocycles. The van der Waals surface area contributed by atoms with Crippen molar-refractivity contribution in [3.63, 3.8) is 0 Å². The summed E-state index contributed by atoms with van der Waals surface area (Å²) in [6.45, 7) is 0. The summed E-state index contributed by atoms with van der Waals surface area (Å²) in [6, 6.07) is 4.51. The van der Waals surface area contributed by atoms with Crippen LogP contribution < -0.4 is 10.6 Å². The first-order chi connectivity index (χ1) is 12.3. The topological polar surface area (TPSA) is 66.9 Å². The molecule has 1 aromatic carbocycles. The van der Waals surface area contributed by atoms with Gasteiger partial charge >= 0.3 is 6.18 Å². The van der Waals surface area contributed by atoms with Gasteiger partial charge in [0.05, 0.1) is 16.3 Å². The van der Waals surface area contributed by atoms with Crippen molar-refractivity contribution >= 4 is 29.0 Å². The summed E-state index contributed by atoms with van der Waals surface area (Å²) < 4.78 is 38.5. The van der Waals surface area contributed by atoms with E-state index in [0.29, 0.717) is 11.9 Å². The molecule has 9 heteroatoms. The van der Waals surface area contributed by atoms with E-state index in [0.717, 1.165) is 43.9 Å². The summed E-state index contributed by atoms with van der Waals surface area (Å²) in [5, 5.41) is 5.61. The second kappa shape index (κ2) is 7.49. The van der Waals surface area contributed by atoms with Gasteiger partial charge in [-0.1, -0.05) is 24.4 Å². The number of halogens is 4. The molecule has 1 heterocycles. The monoisotopic (exact) mass is 384 g/mol. The second-order valence-electron chi connectivity index (χ2n) is 6.06. The predicted octanol–water partition coefficient (Wildman–Crippen LogP) is 4.76. The number of rotatable bonds is 4. The molecular formula is C17H16ClF3N4O. The number of carbonyl (C=O) groups excluding carboxylic acids is 1. The zero-order valence-corrected chi connectivity index (χ0v) is 14.4. The Morgan fingerprint density at radius 3 is 2.58 bits per heavy atom.